The van der Waals surface area contributed by atoms with E-state index in [2.05, 4.69) is 62.7 Å². The Morgan fingerprint density at radius 3 is 1.88 bits per heavy atom. The number of carbonyl (C=O) groups is 6. The summed E-state index contributed by atoms with van der Waals surface area (Å²) in [7, 11) is 3.34. The molecule has 2 fully saturated rings. The van der Waals surface area contributed by atoms with Crippen molar-refractivity contribution in [2.24, 2.45) is 0 Å². The second-order valence-corrected chi connectivity index (χ2v) is 18.1. The fourth-order valence-electron chi connectivity index (χ4n) is 9.98. The Kier molecular flexibility index (Phi) is 19.4. The van der Waals surface area contributed by atoms with Crippen LogP contribution in [0.5, 0.6) is 0 Å². The Morgan fingerprint density at radius 2 is 1.22 bits per heavy atom. The zero-order valence-corrected chi connectivity index (χ0v) is 40.7. The first-order valence-electron chi connectivity index (χ1n) is 23.6. The van der Waals surface area contributed by atoms with Crippen molar-refractivity contribution in [2.75, 3.05) is 27.2 Å². The van der Waals surface area contributed by atoms with Gasteiger partial charge in [-0.2, -0.15) is 0 Å². The minimum absolute atomic E-state index is 0. The summed E-state index contributed by atoms with van der Waals surface area (Å²) in [4.78, 5) is 86.2. The summed E-state index contributed by atoms with van der Waals surface area (Å²) in [5, 5.41) is 14.9. The largest absolute Gasteiger partial charge is 0.347 e. The van der Waals surface area contributed by atoms with Crippen molar-refractivity contribution in [3.05, 3.63) is 106 Å². The predicted octanol–water partition coefficient (Wildman–Crippen LogP) is 5.38. The quantitative estimate of drug-likeness (QED) is 0.127. The number of rotatable bonds is 15. The smallest absolute Gasteiger partial charge is 0.250 e. The van der Waals surface area contributed by atoms with E-state index in [1.807, 2.05) is 24.3 Å². The van der Waals surface area contributed by atoms with Gasteiger partial charge in [0.05, 0.1) is 24.2 Å². The Labute approximate surface area is 407 Å². The molecule has 3 aromatic rings. The van der Waals surface area contributed by atoms with Crippen molar-refractivity contribution in [1.82, 2.24) is 36.4 Å². The molecule has 2 heterocycles. The summed E-state index contributed by atoms with van der Waals surface area (Å²) >= 11 is 0. The first-order chi connectivity index (χ1) is 31.5. The maximum Gasteiger partial charge on any atom is 0.250 e. The number of benzene rings is 3. The Balaban J connectivity index is 0.00000420. The summed E-state index contributed by atoms with van der Waals surface area (Å²) in [6.07, 6.45) is 8.61. The lowest BCUT2D eigenvalue weighted by Crippen LogP contribution is -2.55. The number of Topliss-reactive ketones (excluding diaryl/α,β-unsaturated/α-hetero) is 1. The molecule has 4 aliphatic rings. The van der Waals surface area contributed by atoms with Gasteiger partial charge in [-0.25, -0.2) is 0 Å². The monoisotopic (exact) mass is 955 g/mol. The molecule has 7 rings (SSSR count). The lowest BCUT2D eigenvalue weighted by Gasteiger charge is -2.31. The number of ketones is 1. The van der Waals surface area contributed by atoms with Gasteiger partial charge in [0, 0.05) is 31.5 Å². The standard InChI is InChI=1S/C52H65N7O6.2ClH/c1-33(53-3)48(61)56-43(51(64)59-31-13-25-45(59)50(63)55-42-22-11-18-37-16-6-8-21-41(37)42)23-9-14-35-26-28-38(29-27-35)47(57-49(62)34(2)54-4)52(65)58-30-12-24-44(58)46(60)32-39-19-10-17-36-15-5-7-20-40(36)39;;/h5-8,15-16,20-21,26-29,33-34,39,42-45,47,53-54H,10-13,17-19,22-25,30-32H2,1-4H3,(H,55,63)(H,56,61)(H,57,62);2*1H/t33-,34-,39-,42+,43-,44-,45-,47-;;/m0../s1. The highest BCUT2D eigenvalue weighted by atomic mass is 35.5. The van der Waals surface area contributed by atoms with E-state index in [4.69, 9.17) is 0 Å². The topological polar surface area (TPSA) is 169 Å². The predicted molar refractivity (Wildman–Crippen MR) is 264 cm³/mol. The Morgan fingerprint density at radius 1 is 0.657 bits per heavy atom. The second kappa shape index (κ2) is 24.7. The summed E-state index contributed by atoms with van der Waals surface area (Å²) < 4.78 is 0. The van der Waals surface area contributed by atoms with Crippen LogP contribution in [0.3, 0.4) is 0 Å². The molecule has 2 saturated heterocycles. The molecular formula is C52H67Cl2N7O6. The van der Waals surface area contributed by atoms with E-state index in [1.165, 1.54) is 16.7 Å². The number of likely N-dealkylation sites (N-methyl/N-ethyl adjacent to an activating group) is 2. The molecule has 0 aromatic heterocycles. The third kappa shape index (κ3) is 12.6. The maximum absolute atomic E-state index is 14.5. The molecule has 8 atom stereocenters. The van der Waals surface area contributed by atoms with E-state index in [9.17, 15) is 28.8 Å². The highest BCUT2D eigenvalue weighted by Gasteiger charge is 2.41. The van der Waals surface area contributed by atoms with E-state index >= 15 is 0 Å². The highest BCUT2D eigenvalue weighted by molar-refractivity contribution is 5.95. The highest BCUT2D eigenvalue weighted by Crippen LogP contribution is 2.36. The molecule has 15 heteroatoms. The molecule has 0 unspecified atom stereocenters. The molecule has 2 aliphatic heterocycles. The average Bonchev–Trinajstić information content (AvgIpc) is 4.04. The van der Waals surface area contributed by atoms with Crippen molar-refractivity contribution < 1.29 is 28.8 Å². The van der Waals surface area contributed by atoms with Crippen LogP contribution in [0.1, 0.15) is 129 Å². The number of hydrogen-bond acceptors (Lipinski definition) is 8. The van der Waals surface area contributed by atoms with Gasteiger partial charge in [-0.3, -0.25) is 28.8 Å². The van der Waals surface area contributed by atoms with Gasteiger partial charge in [0.1, 0.15) is 18.1 Å². The molecule has 67 heavy (non-hydrogen) atoms. The van der Waals surface area contributed by atoms with Crippen LogP contribution < -0.4 is 26.6 Å². The van der Waals surface area contributed by atoms with Crippen molar-refractivity contribution in [1.29, 1.82) is 0 Å². The third-order valence-electron chi connectivity index (χ3n) is 14.0. The summed E-state index contributed by atoms with van der Waals surface area (Å²) in [5.74, 6) is 4.81. The zero-order chi connectivity index (χ0) is 46.0. The number of fused-ring (bicyclic) bond motifs is 2. The molecule has 3 aromatic carbocycles. The van der Waals surface area contributed by atoms with Gasteiger partial charge in [0.2, 0.25) is 29.5 Å². The van der Waals surface area contributed by atoms with E-state index < -0.39 is 36.3 Å². The van der Waals surface area contributed by atoms with Gasteiger partial charge in [-0.1, -0.05) is 72.5 Å². The number of likely N-dealkylation sites (tertiary alicyclic amines) is 2. The van der Waals surface area contributed by atoms with Crippen LogP contribution in [-0.4, -0.2) is 103 Å². The van der Waals surface area contributed by atoms with E-state index in [-0.39, 0.29) is 78.5 Å². The second-order valence-electron chi connectivity index (χ2n) is 18.1. The van der Waals surface area contributed by atoms with Gasteiger partial charge >= 0.3 is 0 Å². The number of halogens is 2. The summed E-state index contributed by atoms with van der Waals surface area (Å²) in [6, 6.07) is 19.0. The first-order valence-corrected chi connectivity index (χ1v) is 23.6. The van der Waals surface area contributed by atoms with Gasteiger partial charge in [0.15, 0.2) is 5.78 Å². The molecule has 5 N–H and O–H groups in total. The van der Waals surface area contributed by atoms with Crippen molar-refractivity contribution >= 4 is 60.1 Å². The average molecular weight is 957 g/mol. The molecule has 2 aliphatic carbocycles. The van der Waals surface area contributed by atoms with E-state index in [0.717, 1.165) is 44.1 Å². The van der Waals surface area contributed by atoms with Gasteiger partial charge in [-0.05, 0) is 138 Å². The molecule has 5 amide bonds. The van der Waals surface area contributed by atoms with Crippen molar-refractivity contribution in [3.63, 3.8) is 0 Å². The lowest BCUT2D eigenvalue weighted by atomic mass is 9.79. The minimum atomic E-state index is -1.03. The number of carbonyl (C=O) groups excluding carboxylic acids is 6. The SMILES string of the molecule is CN[C@@H](C)C(=O)N[C@@H](CC#Cc1ccc([C@H](NC(=O)[C@H](C)NC)C(=O)N2CCC[C@H]2C(=O)C[C@@H]2CCCc3ccccc32)cc1)C(=O)N1CCC[C@H]1C(=O)N[C@@H]1CCCc2ccccc21.Cl.Cl. The fourth-order valence-corrected chi connectivity index (χ4v) is 9.98. The van der Waals surface area contributed by atoms with Crippen LogP contribution in [0.25, 0.3) is 0 Å². The molecule has 0 radical (unpaired) electrons. The van der Waals surface area contributed by atoms with E-state index in [0.29, 0.717) is 56.3 Å². The molecule has 0 spiro atoms. The molecule has 13 nitrogen and oxygen atoms in total. The fraction of sp³-hybridized carbons (Fsp3) is 0.500. The number of aryl methyl sites for hydroxylation is 2. The minimum Gasteiger partial charge on any atom is -0.347 e. The number of nitrogens with zero attached hydrogens (tertiary/aromatic N) is 2. The van der Waals surface area contributed by atoms with Crippen LogP contribution in [0, 0.1) is 11.8 Å². The Bertz CT molecular complexity index is 2300. The zero-order valence-electron chi connectivity index (χ0n) is 39.1. The van der Waals surface area contributed by atoms with Gasteiger partial charge in [0.25, 0.3) is 0 Å². The first kappa shape index (κ1) is 52.7. The molecule has 360 valence electrons. The number of nitrogens with one attached hydrogen (secondary N) is 5. The van der Waals surface area contributed by atoms with E-state index in [1.54, 1.807) is 62.0 Å². The summed E-state index contributed by atoms with van der Waals surface area (Å²) in [5.41, 5.74) is 6.03. The maximum atomic E-state index is 14.5. The van der Waals surface area contributed by atoms with Crippen molar-refractivity contribution in [2.45, 2.75) is 139 Å². The lowest BCUT2D eigenvalue weighted by molar-refractivity contribution is -0.141. The molecular weight excluding hydrogens is 890 g/mol. The summed E-state index contributed by atoms with van der Waals surface area (Å²) in [6.45, 7) is 4.24. The molecule has 0 saturated carbocycles. The third-order valence-corrected chi connectivity index (χ3v) is 14.0. The van der Waals surface area contributed by atoms with Crippen molar-refractivity contribution in [3.8, 4) is 11.8 Å². The number of amides is 5. The normalized spacial score (nSPS) is 21.3. The molecule has 0 bridgehead atoms. The Hall–Kier alpha value is -5.26. The number of hydrogen-bond donors (Lipinski definition) is 5. The van der Waals surface area contributed by atoms with Crippen LogP contribution in [0.15, 0.2) is 72.8 Å². The van der Waals surface area contributed by atoms with Gasteiger partial charge < -0.3 is 36.4 Å². The van der Waals surface area contributed by atoms with Crippen LogP contribution >= 0.6 is 24.8 Å². The van der Waals surface area contributed by atoms with Crippen LogP contribution in [-0.2, 0) is 41.6 Å². The van der Waals surface area contributed by atoms with Crippen LogP contribution in [0.2, 0.25) is 0 Å². The van der Waals surface area contributed by atoms with Gasteiger partial charge in [-0.15, -0.1) is 24.8 Å². The van der Waals surface area contributed by atoms with Crippen LogP contribution in [0.4, 0.5) is 0 Å².